The molecule has 10 heteroatoms. The Morgan fingerprint density at radius 1 is 1.00 bits per heavy atom. The summed E-state index contributed by atoms with van der Waals surface area (Å²) in [6.45, 7) is 4.48. The van der Waals surface area contributed by atoms with Crippen LogP contribution in [0.1, 0.15) is 24.4 Å². The van der Waals surface area contributed by atoms with Gasteiger partial charge in [-0.1, -0.05) is 18.2 Å². The lowest BCUT2D eigenvalue weighted by atomic mass is 9.84. The minimum atomic E-state index is -0.716. The molecule has 0 aliphatic carbocycles. The molecule has 0 unspecified atom stereocenters. The summed E-state index contributed by atoms with van der Waals surface area (Å²) in [5, 5.41) is 4.71. The minimum absolute atomic E-state index is 0.168. The van der Waals surface area contributed by atoms with Gasteiger partial charge in [0.25, 0.3) is 0 Å². The van der Waals surface area contributed by atoms with Gasteiger partial charge in [0.05, 0.1) is 41.7 Å². The van der Waals surface area contributed by atoms with E-state index in [0.717, 1.165) is 78.7 Å². The minimum Gasteiger partial charge on any atom is -0.382 e. The van der Waals surface area contributed by atoms with Crippen LogP contribution in [0.4, 0.5) is 5.82 Å². The zero-order valence-electron chi connectivity index (χ0n) is 21.3. The molecule has 7 rings (SSSR count). The molecular weight excluding hydrogens is 500 g/mol. The van der Waals surface area contributed by atoms with Crippen molar-refractivity contribution in [3.8, 4) is 22.5 Å². The van der Waals surface area contributed by atoms with E-state index in [0.29, 0.717) is 25.1 Å². The van der Waals surface area contributed by atoms with Gasteiger partial charge in [0.1, 0.15) is 5.82 Å². The van der Waals surface area contributed by atoms with E-state index in [1.54, 1.807) is 6.20 Å². The van der Waals surface area contributed by atoms with Crippen molar-refractivity contribution in [3.05, 3.63) is 60.6 Å². The molecule has 3 aromatic heterocycles. The molecule has 3 aliphatic heterocycles. The third-order valence-electron chi connectivity index (χ3n) is 8.35. The van der Waals surface area contributed by atoms with Gasteiger partial charge in [-0.15, -0.1) is 0 Å². The topological polar surface area (TPSA) is 99.9 Å². The summed E-state index contributed by atoms with van der Waals surface area (Å²) >= 11 is 0. The highest BCUT2D eigenvalue weighted by atomic mass is 32.2. The number of anilines is 1. The second kappa shape index (κ2) is 9.60. The fourth-order valence-corrected chi connectivity index (χ4v) is 7.26. The zero-order chi connectivity index (χ0) is 25.7. The average molecular weight is 533 g/mol. The van der Waals surface area contributed by atoms with Gasteiger partial charge in [0.2, 0.25) is 0 Å². The van der Waals surface area contributed by atoms with Crippen molar-refractivity contribution in [1.82, 2.24) is 24.1 Å². The largest absolute Gasteiger partial charge is 0.382 e. The molecular formula is C28H32N6O3S. The maximum atomic E-state index is 12.0. The Hall–Kier alpha value is -3.05. The first-order valence-corrected chi connectivity index (χ1v) is 14.8. The van der Waals surface area contributed by atoms with Crippen LogP contribution in [0.25, 0.3) is 28.0 Å². The van der Waals surface area contributed by atoms with Crippen molar-refractivity contribution in [2.75, 3.05) is 56.8 Å². The summed E-state index contributed by atoms with van der Waals surface area (Å²) in [7, 11) is -0.716. The monoisotopic (exact) mass is 532 g/mol. The normalized spacial score (nSPS) is 21.1. The number of nitrogens with two attached hydrogens (primary N) is 1. The summed E-state index contributed by atoms with van der Waals surface area (Å²) in [6, 6.07) is 13.3. The summed E-state index contributed by atoms with van der Waals surface area (Å²) in [6.07, 6.45) is 7.49. The number of rotatable bonds is 5. The molecule has 0 atom stereocenters. The molecule has 3 fully saturated rings. The second-order valence-electron chi connectivity index (χ2n) is 10.4. The van der Waals surface area contributed by atoms with E-state index < -0.39 is 10.8 Å². The SMILES string of the molecule is Nc1nccn2c(-c3cccc(C4(N5CCS(=O)CC5)COC4)c3)cc(-c3ccnn3C3CCOCC3)c12. The maximum absolute atomic E-state index is 12.0. The Morgan fingerprint density at radius 2 is 1.82 bits per heavy atom. The molecule has 6 heterocycles. The number of nitrogens with zero attached hydrogens (tertiary/aromatic N) is 5. The number of aromatic nitrogens is 4. The molecule has 4 aromatic rings. The number of fused-ring (bicyclic) bond motifs is 1. The molecule has 3 saturated heterocycles. The molecule has 198 valence electrons. The van der Waals surface area contributed by atoms with Crippen LogP contribution in [-0.2, 0) is 25.8 Å². The lowest BCUT2D eigenvalue weighted by Gasteiger charge is -2.51. The number of benzene rings is 1. The third-order valence-corrected chi connectivity index (χ3v) is 9.63. The Labute approximate surface area is 224 Å². The molecule has 0 radical (unpaired) electrons. The second-order valence-corrected chi connectivity index (χ2v) is 12.1. The van der Waals surface area contributed by atoms with Gasteiger partial charge in [-0.25, -0.2) is 4.98 Å². The van der Waals surface area contributed by atoms with E-state index in [1.807, 2.05) is 12.4 Å². The Bertz CT molecular complexity index is 1490. The predicted molar refractivity (Wildman–Crippen MR) is 147 cm³/mol. The summed E-state index contributed by atoms with van der Waals surface area (Å²) in [4.78, 5) is 6.90. The highest BCUT2D eigenvalue weighted by Gasteiger charge is 2.46. The molecule has 9 nitrogen and oxygen atoms in total. The van der Waals surface area contributed by atoms with E-state index in [-0.39, 0.29) is 5.54 Å². The maximum Gasteiger partial charge on any atom is 0.148 e. The standard InChI is InChI=1S/C28H32N6O3S/c29-27-26-23(24-4-7-31-34(24)22-5-12-36-13-6-22)17-25(33(26)9-8-30-27)20-2-1-3-21(16-20)28(18-37-19-28)32-10-14-38(35)15-11-32/h1-4,7-9,16-17,22H,5-6,10-15,18-19H2,(H2,29,30). The van der Waals surface area contributed by atoms with Crippen molar-refractivity contribution >= 4 is 22.1 Å². The zero-order valence-corrected chi connectivity index (χ0v) is 22.1. The van der Waals surface area contributed by atoms with Crippen LogP contribution >= 0.6 is 0 Å². The van der Waals surface area contributed by atoms with Crippen molar-refractivity contribution in [3.63, 3.8) is 0 Å². The van der Waals surface area contributed by atoms with Gasteiger partial charge in [0, 0.05) is 72.8 Å². The summed E-state index contributed by atoms with van der Waals surface area (Å²) in [5.41, 5.74) is 12.7. The van der Waals surface area contributed by atoms with E-state index in [9.17, 15) is 4.21 Å². The molecule has 0 bridgehead atoms. The van der Waals surface area contributed by atoms with E-state index in [4.69, 9.17) is 20.3 Å². The summed E-state index contributed by atoms with van der Waals surface area (Å²) in [5.74, 6) is 1.94. The van der Waals surface area contributed by atoms with Crippen molar-refractivity contribution in [2.24, 2.45) is 0 Å². The quantitative estimate of drug-likeness (QED) is 0.422. The Balaban J connectivity index is 1.32. The smallest absolute Gasteiger partial charge is 0.148 e. The van der Waals surface area contributed by atoms with Crippen LogP contribution in [0.15, 0.2) is 55.0 Å². The predicted octanol–water partition coefficient (Wildman–Crippen LogP) is 3.09. The van der Waals surface area contributed by atoms with Crippen molar-refractivity contribution in [2.45, 2.75) is 24.4 Å². The first-order valence-electron chi connectivity index (χ1n) is 13.3. The fourth-order valence-electron chi connectivity index (χ4n) is 6.21. The number of hydrogen-bond donors (Lipinski definition) is 1. The van der Waals surface area contributed by atoms with Gasteiger partial charge < -0.3 is 19.6 Å². The number of ether oxygens (including phenoxy) is 2. The Kier molecular flexibility index (Phi) is 6.07. The van der Waals surface area contributed by atoms with Crippen LogP contribution in [0.2, 0.25) is 0 Å². The van der Waals surface area contributed by atoms with Gasteiger partial charge in [-0.3, -0.25) is 13.8 Å². The van der Waals surface area contributed by atoms with Gasteiger partial charge in [-0.2, -0.15) is 5.10 Å². The Morgan fingerprint density at radius 3 is 2.58 bits per heavy atom. The molecule has 0 saturated carbocycles. The van der Waals surface area contributed by atoms with E-state index in [2.05, 4.69) is 55.4 Å². The number of hydrogen-bond acceptors (Lipinski definition) is 7. The van der Waals surface area contributed by atoms with Crippen LogP contribution in [0.3, 0.4) is 0 Å². The fraction of sp³-hybridized carbons (Fsp3) is 0.429. The van der Waals surface area contributed by atoms with E-state index >= 15 is 0 Å². The van der Waals surface area contributed by atoms with Crippen LogP contribution in [-0.4, -0.2) is 79.3 Å². The first kappa shape index (κ1) is 24.0. The highest BCUT2D eigenvalue weighted by Crippen LogP contribution is 2.41. The molecule has 0 spiro atoms. The third kappa shape index (κ3) is 3.89. The van der Waals surface area contributed by atoms with Crippen LogP contribution < -0.4 is 5.73 Å². The molecule has 1 aromatic carbocycles. The molecule has 0 amide bonds. The number of nitrogen functional groups attached to an aromatic ring is 1. The van der Waals surface area contributed by atoms with E-state index in [1.165, 1.54) is 5.56 Å². The highest BCUT2D eigenvalue weighted by molar-refractivity contribution is 7.85. The molecule has 2 N–H and O–H groups in total. The van der Waals surface area contributed by atoms with Gasteiger partial charge >= 0.3 is 0 Å². The van der Waals surface area contributed by atoms with Gasteiger partial charge in [0.15, 0.2) is 0 Å². The van der Waals surface area contributed by atoms with Crippen LogP contribution in [0, 0.1) is 0 Å². The molecule has 3 aliphatic rings. The molecule has 38 heavy (non-hydrogen) atoms. The van der Waals surface area contributed by atoms with Crippen LogP contribution in [0.5, 0.6) is 0 Å². The van der Waals surface area contributed by atoms with Crippen molar-refractivity contribution < 1.29 is 13.7 Å². The van der Waals surface area contributed by atoms with Crippen molar-refractivity contribution in [1.29, 1.82) is 0 Å². The lowest BCUT2D eigenvalue weighted by Crippen LogP contribution is -2.62. The average Bonchev–Trinajstić information content (AvgIpc) is 3.56. The summed E-state index contributed by atoms with van der Waals surface area (Å²) < 4.78 is 27.6. The lowest BCUT2D eigenvalue weighted by molar-refractivity contribution is -0.144. The first-order chi connectivity index (χ1) is 18.6. The van der Waals surface area contributed by atoms with Gasteiger partial charge in [-0.05, 0) is 42.2 Å².